The minimum atomic E-state index is -0.782. The van der Waals surface area contributed by atoms with Crippen molar-refractivity contribution in [1.29, 1.82) is 0 Å². The Hall–Kier alpha value is -4.06. The summed E-state index contributed by atoms with van der Waals surface area (Å²) in [6.45, 7) is 1.58. The van der Waals surface area contributed by atoms with E-state index in [-0.39, 0.29) is 11.2 Å². The molecule has 31 heavy (non-hydrogen) atoms. The number of hydrogen-bond acceptors (Lipinski definition) is 6. The molecule has 0 N–H and O–H groups in total. The molecular formula is C25H20O6. The average Bonchev–Trinajstić information content (AvgIpc) is 2.81. The number of methoxy groups -OCH3 is 1. The molecule has 1 aromatic heterocycles. The Kier molecular flexibility index (Phi) is 5.71. The van der Waals surface area contributed by atoms with E-state index in [1.165, 1.54) is 13.4 Å². The maximum atomic E-state index is 12.8. The molecule has 0 saturated carbocycles. The zero-order valence-electron chi connectivity index (χ0n) is 17.0. The molecule has 0 bridgehead atoms. The van der Waals surface area contributed by atoms with Crippen LogP contribution in [0.3, 0.4) is 0 Å². The SMILES string of the molecule is COC(=O)[C@@H](C)Oc1ccc2c(=O)c(Oc3ccc(-c4ccccc4)cc3)coc2c1. The van der Waals surface area contributed by atoms with Crippen molar-refractivity contribution in [3.05, 3.63) is 89.3 Å². The van der Waals surface area contributed by atoms with Gasteiger partial charge in [0.25, 0.3) is 0 Å². The molecule has 0 amide bonds. The fourth-order valence-electron chi connectivity index (χ4n) is 3.13. The van der Waals surface area contributed by atoms with Crippen LogP contribution in [-0.2, 0) is 9.53 Å². The van der Waals surface area contributed by atoms with Crippen LogP contribution in [0.4, 0.5) is 0 Å². The summed E-state index contributed by atoms with van der Waals surface area (Å²) in [5.74, 6) is 0.497. The van der Waals surface area contributed by atoms with E-state index in [0.29, 0.717) is 22.5 Å². The lowest BCUT2D eigenvalue weighted by atomic mass is 10.1. The van der Waals surface area contributed by atoms with E-state index >= 15 is 0 Å². The summed E-state index contributed by atoms with van der Waals surface area (Å²) >= 11 is 0. The molecule has 0 aliphatic heterocycles. The molecule has 3 aromatic carbocycles. The number of benzene rings is 3. The molecule has 0 unspecified atom stereocenters. The van der Waals surface area contributed by atoms with Crippen molar-refractivity contribution in [2.24, 2.45) is 0 Å². The van der Waals surface area contributed by atoms with Gasteiger partial charge in [0, 0.05) is 6.07 Å². The minimum Gasteiger partial charge on any atom is -0.479 e. The third-order valence-corrected chi connectivity index (χ3v) is 4.75. The summed E-state index contributed by atoms with van der Waals surface area (Å²) in [6.07, 6.45) is 0.485. The third kappa shape index (κ3) is 4.43. The third-order valence-electron chi connectivity index (χ3n) is 4.75. The van der Waals surface area contributed by atoms with Gasteiger partial charge in [0.2, 0.25) is 11.2 Å². The van der Waals surface area contributed by atoms with Gasteiger partial charge in [-0.3, -0.25) is 4.79 Å². The second kappa shape index (κ2) is 8.75. The topological polar surface area (TPSA) is 75.0 Å². The largest absolute Gasteiger partial charge is 0.479 e. The van der Waals surface area contributed by atoms with Gasteiger partial charge < -0.3 is 18.6 Å². The highest BCUT2D eigenvalue weighted by atomic mass is 16.6. The quantitative estimate of drug-likeness (QED) is 0.403. The number of hydrogen-bond donors (Lipinski definition) is 0. The number of ether oxygens (including phenoxy) is 3. The molecule has 0 aliphatic rings. The second-order valence-electron chi connectivity index (χ2n) is 6.86. The standard InChI is InChI=1S/C25H20O6/c1-16(25(27)28-2)30-20-12-13-21-22(14-20)29-15-23(24(21)26)31-19-10-8-18(9-11-19)17-6-4-3-5-7-17/h3-16H,1-2H3/t16-/m1/s1. The number of carbonyl (C=O) groups excluding carboxylic acids is 1. The second-order valence-corrected chi connectivity index (χ2v) is 6.86. The van der Waals surface area contributed by atoms with Gasteiger partial charge in [-0.25, -0.2) is 4.79 Å². The summed E-state index contributed by atoms with van der Waals surface area (Å²) in [5, 5.41) is 0.344. The van der Waals surface area contributed by atoms with Crippen LogP contribution in [-0.4, -0.2) is 19.2 Å². The van der Waals surface area contributed by atoms with Crippen LogP contribution in [0.25, 0.3) is 22.1 Å². The van der Waals surface area contributed by atoms with Gasteiger partial charge in [0.1, 0.15) is 23.3 Å². The lowest BCUT2D eigenvalue weighted by Crippen LogP contribution is -2.24. The first-order chi connectivity index (χ1) is 15.0. The van der Waals surface area contributed by atoms with E-state index in [4.69, 9.17) is 13.9 Å². The fourth-order valence-corrected chi connectivity index (χ4v) is 3.13. The van der Waals surface area contributed by atoms with Crippen molar-refractivity contribution in [3.63, 3.8) is 0 Å². The van der Waals surface area contributed by atoms with Crippen molar-refractivity contribution >= 4 is 16.9 Å². The highest BCUT2D eigenvalue weighted by molar-refractivity contribution is 5.79. The molecule has 156 valence electrons. The van der Waals surface area contributed by atoms with Gasteiger partial charge in [-0.2, -0.15) is 0 Å². The highest BCUT2D eigenvalue weighted by Gasteiger charge is 2.16. The molecular weight excluding hydrogens is 396 g/mol. The minimum absolute atomic E-state index is 0.0801. The van der Waals surface area contributed by atoms with Crippen LogP contribution in [0.2, 0.25) is 0 Å². The number of rotatable bonds is 6. The molecule has 4 rings (SSSR count). The average molecular weight is 416 g/mol. The first kappa shape index (κ1) is 20.2. The Morgan fingerprint density at radius 1 is 0.903 bits per heavy atom. The van der Waals surface area contributed by atoms with Crippen LogP contribution >= 0.6 is 0 Å². The zero-order valence-corrected chi connectivity index (χ0v) is 17.0. The molecule has 1 atom stereocenters. The summed E-state index contributed by atoms with van der Waals surface area (Å²) in [5.41, 5.74) is 2.17. The Morgan fingerprint density at radius 2 is 1.58 bits per heavy atom. The van der Waals surface area contributed by atoms with Gasteiger partial charge in [0.15, 0.2) is 6.10 Å². The van der Waals surface area contributed by atoms with E-state index in [9.17, 15) is 9.59 Å². The van der Waals surface area contributed by atoms with Crippen LogP contribution < -0.4 is 14.9 Å². The highest BCUT2D eigenvalue weighted by Crippen LogP contribution is 2.27. The summed E-state index contributed by atoms with van der Waals surface area (Å²) in [4.78, 5) is 24.3. The van der Waals surface area contributed by atoms with E-state index in [0.717, 1.165) is 11.1 Å². The normalized spacial score (nSPS) is 11.7. The molecule has 0 saturated heterocycles. The van der Waals surface area contributed by atoms with E-state index in [1.807, 2.05) is 42.5 Å². The molecule has 0 radical (unpaired) electrons. The van der Waals surface area contributed by atoms with Gasteiger partial charge in [0.05, 0.1) is 12.5 Å². The molecule has 0 spiro atoms. The van der Waals surface area contributed by atoms with Crippen LogP contribution in [0.1, 0.15) is 6.92 Å². The molecule has 0 aliphatic carbocycles. The molecule has 6 nitrogen and oxygen atoms in total. The fraction of sp³-hybridized carbons (Fsp3) is 0.120. The van der Waals surface area contributed by atoms with Gasteiger partial charge in [-0.15, -0.1) is 0 Å². The number of esters is 1. The number of fused-ring (bicyclic) bond motifs is 1. The lowest BCUT2D eigenvalue weighted by molar-refractivity contribution is -0.147. The molecule has 4 aromatic rings. The summed E-state index contributed by atoms with van der Waals surface area (Å²) < 4.78 is 21.5. The van der Waals surface area contributed by atoms with E-state index < -0.39 is 12.1 Å². The van der Waals surface area contributed by atoms with Crippen molar-refractivity contribution in [2.75, 3.05) is 7.11 Å². The van der Waals surface area contributed by atoms with Crippen molar-refractivity contribution in [3.8, 4) is 28.4 Å². The van der Waals surface area contributed by atoms with Gasteiger partial charge in [-0.1, -0.05) is 42.5 Å². The van der Waals surface area contributed by atoms with Crippen LogP contribution in [0, 0.1) is 0 Å². The lowest BCUT2D eigenvalue weighted by Gasteiger charge is -2.12. The van der Waals surface area contributed by atoms with Crippen LogP contribution in [0.15, 0.2) is 88.3 Å². The van der Waals surface area contributed by atoms with Gasteiger partial charge in [-0.05, 0) is 42.3 Å². The molecule has 0 fully saturated rings. The van der Waals surface area contributed by atoms with Crippen molar-refractivity contribution in [1.82, 2.24) is 0 Å². The summed E-state index contributed by atoms with van der Waals surface area (Å²) in [7, 11) is 1.29. The Balaban J connectivity index is 1.55. The maximum Gasteiger partial charge on any atom is 0.346 e. The first-order valence-electron chi connectivity index (χ1n) is 9.68. The monoisotopic (exact) mass is 416 g/mol. The Morgan fingerprint density at radius 3 is 2.29 bits per heavy atom. The van der Waals surface area contributed by atoms with Crippen LogP contribution in [0.5, 0.6) is 17.2 Å². The van der Waals surface area contributed by atoms with Crippen molar-refractivity contribution in [2.45, 2.75) is 13.0 Å². The maximum absolute atomic E-state index is 12.8. The summed E-state index contributed by atoms with van der Waals surface area (Å²) in [6, 6.07) is 22.2. The van der Waals surface area contributed by atoms with Gasteiger partial charge >= 0.3 is 5.97 Å². The van der Waals surface area contributed by atoms with E-state index in [2.05, 4.69) is 4.74 Å². The predicted molar refractivity (Wildman–Crippen MR) is 117 cm³/mol. The molecule has 6 heteroatoms. The smallest absolute Gasteiger partial charge is 0.346 e. The van der Waals surface area contributed by atoms with Crippen molar-refractivity contribution < 1.29 is 23.4 Å². The molecule has 1 heterocycles. The van der Waals surface area contributed by atoms with E-state index in [1.54, 1.807) is 37.3 Å². The number of carbonyl (C=O) groups is 1. The Bertz CT molecular complexity index is 1260. The first-order valence-corrected chi connectivity index (χ1v) is 9.68. The Labute approximate surface area is 178 Å². The zero-order chi connectivity index (χ0) is 21.8. The predicted octanol–water partition coefficient (Wildman–Crippen LogP) is 5.19.